The van der Waals surface area contributed by atoms with Gasteiger partial charge in [0, 0.05) is 11.8 Å². The Hall–Kier alpha value is -1.52. The van der Waals surface area contributed by atoms with E-state index in [1.54, 1.807) is 19.2 Å². The molecule has 0 spiro atoms. The molecule has 5 heteroatoms. The van der Waals surface area contributed by atoms with Gasteiger partial charge in [0.1, 0.15) is 11.6 Å². The number of hydrogen-bond acceptors (Lipinski definition) is 2. The SMILES string of the molecule is CNC(c1cncc(F)c1)c1cccc(Cl)c1F. The van der Waals surface area contributed by atoms with Crippen LogP contribution in [-0.4, -0.2) is 12.0 Å². The summed E-state index contributed by atoms with van der Waals surface area (Å²) in [7, 11) is 1.66. The lowest BCUT2D eigenvalue weighted by atomic mass is 10.00. The van der Waals surface area contributed by atoms with Crippen LogP contribution in [0.4, 0.5) is 8.78 Å². The molecule has 2 aromatic rings. The smallest absolute Gasteiger partial charge is 0.146 e. The Morgan fingerprint density at radius 2 is 2.06 bits per heavy atom. The first kappa shape index (κ1) is 12.9. The molecule has 0 amide bonds. The van der Waals surface area contributed by atoms with E-state index in [0.29, 0.717) is 11.1 Å². The normalized spacial score (nSPS) is 12.4. The van der Waals surface area contributed by atoms with Crippen LogP contribution in [0, 0.1) is 11.6 Å². The highest BCUT2D eigenvalue weighted by Gasteiger charge is 2.18. The van der Waals surface area contributed by atoms with E-state index in [-0.39, 0.29) is 5.02 Å². The third-order valence-corrected chi connectivity index (χ3v) is 2.93. The molecule has 1 unspecified atom stereocenters. The quantitative estimate of drug-likeness (QED) is 0.924. The average Bonchev–Trinajstić information content (AvgIpc) is 2.35. The molecular weight excluding hydrogens is 258 g/mol. The van der Waals surface area contributed by atoms with Crippen molar-refractivity contribution in [1.82, 2.24) is 10.3 Å². The zero-order valence-electron chi connectivity index (χ0n) is 9.62. The van der Waals surface area contributed by atoms with Gasteiger partial charge < -0.3 is 5.32 Å². The van der Waals surface area contributed by atoms with E-state index in [9.17, 15) is 8.78 Å². The summed E-state index contributed by atoms with van der Waals surface area (Å²) in [6.45, 7) is 0. The molecule has 18 heavy (non-hydrogen) atoms. The lowest BCUT2D eigenvalue weighted by molar-refractivity contribution is 0.569. The van der Waals surface area contributed by atoms with E-state index in [2.05, 4.69) is 10.3 Å². The highest BCUT2D eigenvalue weighted by atomic mass is 35.5. The van der Waals surface area contributed by atoms with Crippen LogP contribution in [0.1, 0.15) is 17.2 Å². The number of benzene rings is 1. The highest BCUT2D eigenvalue weighted by molar-refractivity contribution is 6.30. The summed E-state index contributed by atoms with van der Waals surface area (Å²) < 4.78 is 27.1. The predicted molar refractivity (Wildman–Crippen MR) is 66.5 cm³/mol. The van der Waals surface area contributed by atoms with Crippen LogP contribution in [0.25, 0.3) is 0 Å². The fourth-order valence-corrected chi connectivity index (χ4v) is 2.01. The first-order chi connectivity index (χ1) is 8.63. The summed E-state index contributed by atoms with van der Waals surface area (Å²) >= 11 is 5.74. The molecule has 1 aromatic heterocycles. The van der Waals surface area contributed by atoms with Crippen LogP contribution < -0.4 is 5.32 Å². The maximum atomic E-state index is 13.9. The van der Waals surface area contributed by atoms with Crippen molar-refractivity contribution in [2.45, 2.75) is 6.04 Å². The van der Waals surface area contributed by atoms with E-state index in [4.69, 9.17) is 11.6 Å². The number of pyridine rings is 1. The van der Waals surface area contributed by atoms with Gasteiger partial charge in [-0.2, -0.15) is 0 Å². The van der Waals surface area contributed by atoms with Crippen molar-refractivity contribution < 1.29 is 8.78 Å². The van der Waals surface area contributed by atoms with E-state index in [1.165, 1.54) is 18.3 Å². The minimum absolute atomic E-state index is 0.0390. The molecule has 0 aliphatic carbocycles. The highest BCUT2D eigenvalue weighted by Crippen LogP contribution is 2.27. The molecule has 1 aromatic carbocycles. The first-order valence-electron chi connectivity index (χ1n) is 5.35. The topological polar surface area (TPSA) is 24.9 Å². The fraction of sp³-hybridized carbons (Fsp3) is 0.154. The van der Waals surface area contributed by atoms with Crippen LogP contribution in [0.3, 0.4) is 0 Å². The zero-order chi connectivity index (χ0) is 13.1. The van der Waals surface area contributed by atoms with Crippen molar-refractivity contribution in [3.05, 3.63) is 64.4 Å². The molecule has 0 aliphatic rings. The number of nitrogens with zero attached hydrogens (tertiary/aromatic N) is 1. The van der Waals surface area contributed by atoms with Crippen LogP contribution in [0.15, 0.2) is 36.7 Å². The second-order valence-electron chi connectivity index (χ2n) is 3.80. The summed E-state index contributed by atoms with van der Waals surface area (Å²) in [5.41, 5.74) is 0.899. The predicted octanol–water partition coefficient (Wildman–Crippen LogP) is 3.32. The number of halogens is 3. The summed E-state index contributed by atoms with van der Waals surface area (Å²) in [6.07, 6.45) is 2.59. The van der Waals surface area contributed by atoms with Gasteiger partial charge in [-0.25, -0.2) is 8.78 Å². The Morgan fingerprint density at radius 1 is 1.28 bits per heavy atom. The molecule has 2 nitrogen and oxygen atoms in total. The van der Waals surface area contributed by atoms with E-state index >= 15 is 0 Å². The van der Waals surface area contributed by atoms with Gasteiger partial charge in [-0.15, -0.1) is 0 Å². The second kappa shape index (κ2) is 5.42. The van der Waals surface area contributed by atoms with Gasteiger partial charge in [0.2, 0.25) is 0 Å². The molecule has 0 bridgehead atoms. The Bertz CT molecular complexity index is 560. The Balaban J connectivity index is 2.49. The monoisotopic (exact) mass is 268 g/mol. The minimum atomic E-state index is -0.511. The molecule has 0 radical (unpaired) electrons. The van der Waals surface area contributed by atoms with Gasteiger partial charge in [-0.3, -0.25) is 4.98 Å². The van der Waals surface area contributed by atoms with Gasteiger partial charge in [0.05, 0.1) is 17.3 Å². The van der Waals surface area contributed by atoms with Crippen molar-refractivity contribution in [1.29, 1.82) is 0 Å². The maximum absolute atomic E-state index is 13.9. The first-order valence-corrected chi connectivity index (χ1v) is 5.73. The maximum Gasteiger partial charge on any atom is 0.146 e. The lowest BCUT2D eigenvalue weighted by Gasteiger charge is -2.18. The van der Waals surface area contributed by atoms with Crippen LogP contribution in [-0.2, 0) is 0 Å². The van der Waals surface area contributed by atoms with Gasteiger partial charge in [-0.1, -0.05) is 23.7 Å². The summed E-state index contributed by atoms with van der Waals surface area (Å²) in [6, 6.07) is 5.54. The Labute approximate surface area is 109 Å². The van der Waals surface area contributed by atoms with Gasteiger partial charge in [0.25, 0.3) is 0 Å². The lowest BCUT2D eigenvalue weighted by Crippen LogP contribution is -2.19. The standard InChI is InChI=1S/C13H11ClF2N2/c1-17-13(8-5-9(15)7-18-6-8)10-3-2-4-11(14)12(10)16/h2-7,13,17H,1H3. The molecule has 0 saturated heterocycles. The Kier molecular flexibility index (Phi) is 3.89. The number of rotatable bonds is 3. The molecule has 0 fully saturated rings. The largest absolute Gasteiger partial charge is 0.309 e. The molecule has 0 aliphatic heterocycles. The van der Waals surface area contributed by atoms with Crippen LogP contribution >= 0.6 is 11.6 Å². The molecule has 1 atom stereocenters. The molecule has 0 saturated carbocycles. The van der Waals surface area contributed by atoms with Gasteiger partial charge in [-0.05, 0) is 24.7 Å². The van der Waals surface area contributed by atoms with Crippen molar-refractivity contribution in [3.8, 4) is 0 Å². The second-order valence-corrected chi connectivity index (χ2v) is 4.21. The number of nitrogens with one attached hydrogen (secondary N) is 1. The van der Waals surface area contributed by atoms with E-state index in [1.807, 2.05) is 0 Å². The summed E-state index contributed by atoms with van der Waals surface area (Å²) in [5.74, 6) is -0.974. The summed E-state index contributed by atoms with van der Waals surface area (Å²) in [5, 5.41) is 2.96. The molecule has 2 rings (SSSR count). The van der Waals surface area contributed by atoms with Crippen molar-refractivity contribution in [2.75, 3.05) is 7.05 Å². The van der Waals surface area contributed by atoms with Gasteiger partial charge >= 0.3 is 0 Å². The summed E-state index contributed by atoms with van der Waals surface area (Å²) in [4.78, 5) is 3.76. The third kappa shape index (κ3) is 2.49. The van der Waals surface area contributed by atoms with Gasteiger partial charge in [0.15, 0.2) is 0 Å². The number of aromatic nitrogens is 1. The molecule has 1 heterocycles. The average molecular weight is 269 g/mol. The number of hydrogen-bond donors (Lipinski definition) is 1. The van der Waals surface area contributed by atoms with Crippen LogP contribution in [0.2, 0.25) is 5.02 Å². The Morgan fingerprint density at radius 3 is 2.72 bits per heavy atom. The van der Waals surface area contributed by atoms with E-state index < -0.39 is 17.7 Å². The minimum Gasteiger partial charge on any atom is -0.309 e. The zero-order valence-corrected chi connectivity index (χ0v) is 10.4. The van der Waals surface area contributed by atoms with Crippen molar-refractivity contribution in [2.24, 2.45) is 0 Å². The van der Waals surface area contributed by atoms with Crippen molar-refractivity contribution >= 4 is 11.6 Å². The molecular formula is C13H11ClF2N2. The van der Waals surface area contributed by atoms with E-state index in [0.717, 1.165) is 6.20 Å². The molecule has 1 N–H and O–H groups in total. The fourth-order valence-electron chi connectivity index (χ4n) is 1.83. The molecule has 94 valence electrons. The third-order valence-electron chi connectivity index (χ3n) is 2.64. The van der Waals surface area contributed by atoms with Crippen LogP contribution in [0.5, 0.6) is 0 Å². The van der Waals surface area contributed by atoms with Crippen molar-refractivity contribution in [3.63, 3.8) is 0 Å².